The van der Waals surface area contributed by atoms with Crippen LogP contribution in [0.2, 0.25) is 0 Å². The molecular weight excluding hydrogens is 326 g/mol. The Hall–Kier alpha value is -2.54. The van der Waals surface area contributed by atoms with E-state index in [0.717, 1.165) is 6.42 Å². The van der Waals surface area contributed by atoms with Crippen molar-refractivity contribution in [1.29, 1.82) is 0 Å². The minimum atomic E-state index is 0.158. The van der Waals surface area contributed by atoms with Crippen LogP contribution in [0.15, 0.2) is 72.3 Å². The van der Waals surface area contributed by atoms with Gasteiger partial charge in [0.1, 0.15) is 0 Å². The Morgan fingerprint density at radius 3 is 2.22 bits per heavy atom. The lowest BCUT2D eigenvalue weighted by Crippen LogP contribution is -2.11. The SMILES string of the molecule is CCC1(C)C=CC(=C(c2cccc(C)c2)c2ccc(N(C)C)cc2C)C=C1. The molecular formula is C26H31N. The fraction of sp³-hybridized carbons (Fsp3) is 0.308. The molecule has 0 radical (unpaired) electrons. The molecule has 2 aromatic rings. The van der Waals surface area contributed by atoms with Crippen molar-refractivity contribution in [2.75, 3.05) is 19.0 Å². The van der Waals surface area contributed by atoms with E-state index in [1.807, 2.05) is 0 Å². The Morgan fingerprint density at radius 1 is 0.963 bits per heavy atom. The van der Waals surface area contributed by atoms with Gasteiger partial charge in [-0.25, -0.2) is 0 Å². The highest BCUT2D eigenvalue weighted by molar-refractivity contribution is 5.87. The van der Waals surface area contributed by atoms with Gasteiger partial charge in [0.15, 0.2) is 0 Å². The van der Waals surface area contributed by atoms with Crippen LogP contribution in [0.4, 0.5) is 5.69 Å². The quantitative estimate of drug-likeness (QED) is 0.587. The predicted octanol–water partition coefficient (Wildman–Crippen LogP) is 6.71. The normalized spacial score (nSPS) is 18.7. The van der Waals surface area contributed by atoms with E-state index in [-0.39, 0.29) is 5.41 Å². The molecule has 0 amide bonds. The molecule has 0 bridgehead atoms. The second-order valence-corrected chi connectivity index (χ2v) is 8.12. The number of anilines is 1. The first-order chi connectivity index (χ1) is 12.8. The van der Waals surface area contributed by atoms with Crippen molar-refractivity contribution in [2.24, 2.45) is 5.41 Å². The summed E-state index contributed by atoms with van der Waals surface area (Å²) in [5, 5.41) is 0. The fourth-order valence-electron chi connectivity index (χ4n) is 3.56. The van der Waals surface area contributed by atoms with Crippen LogP contribution in [0.5, 0.6) is 0 Å². The third-order valence-electron chi connectivity index (χ3n) is 5.64. The fourth-order valence-corrected chi connectivity index (χ4v) is 3.56. The Bertz CT molecular complexity index is 909. The molecule has 0 aromatic heterocycles. The largest absolute Gasteiger partial charge is 0.378 e. The molecule has 140 valence electrons. The molecule has 0 spiro atoms. The van der Waals surface area contributed by atoms with Crippen LogP contribution in [0.3, 0.4) is 0 Å². The van der Waals surface area contributed by atoms with E-state index in [1.165, 1.54) is 39.1 Å². The molecule has 0 unspecified atom stereocenters. The number of hydrogen-bond acceptors (Lipinski definition) is 1. The minimum Gasteiger partial charge on any atom is -0.378 e. The summed E-state index contributed by atoms with van der Waals surface area (Å²) in [5.41, 5.74) is 9.16. The van der Waals surface area contributed by atoms with Gasteiger partial charge in [0, 0.05) is 25.2 Å². The van der Waals surface area contributed by atoms with Crippen molar-refractivity contribution in [1.82, 2.24) is 0 Å². The van der Waals surface area contributed by atoms with Crippen molar-refractivity contribution >= 4 is 11.3 Å². The summed E-state index contributed by atoms with van der Waals surface area (Å²) >= 11 is 0. The van der Waals surface area contributed by atoms with E-state index in [0.29, 0.717) is 0 Å². The molecule has 1 nitrogen and oxygen atoms in total. The molecule has 0 fully saturated rings. The van der Waals surface area contributed by atoms with E-state index >= 15 is 0 Å². The van der Waals surface area contributed by atoms with Crippen molar-refractivity contribution < 1.29 is 0 Å². The lowest BCUT2D eigenvalue weighted by Gasteiger charge is -2.25. The van der Waals surface area contributed by atoms with E-state index in [1.54, 1.807) is 0 Å². The summed E-state index contributed by atoms with van der Waals surface area (Å²) in [6.45, 7) is 8.91. The molecule has 1 aliphatic rings. The molecule has 0 N–H and O–H groups in total. The van der Waals surface area contributed by atoms with Gasteiger partial charge in [0.05, 0.1) is 0 Å². The molecule has 2 aromatic carbocycles. The van der Waals surface area contributed by atoms with Crippen LogP contribution in [0.1, 0.15) is 42.5 Å². The smallest absolute Gasteiger partial charge is 0.0364 e. The third-order valence-corrected chi connectivity index (χ3v) is 5.64. The average molecular weight is 358 g/mol. The van der Waals surface area contributed by atoms with Gasteiger partial charge in [-0.1, -0.05) is 74.0 Å². The van der Waals surface area contributed by atoms with Crippen LogP contribution in [-0.2, 0) is 0 Å². The molecule has 3 rings (SSSR count). The third kappa shape index (κ3) is 4.08. The van der Waals surface area contributed by atoms with Gasteiger partial charge in [-0.05, 0) is 60.2 Å². The highest BCUT2D eigenvalue weighted by atomic mass is 15.1. The number of nitrogens with zero attached hydrogens (tertiary/aromatic N) is 1. The summed E-state index contributed by atoms with van der Waals surface area (Å²) in [6, 6.07) is 15.6. The Kier molecular flexibility index (Phi) is 5.41. The highest BCUT2D eigenvalue weighted by Gasteiger charge is 2.20. The van der Waals surface area contributed by atoms with Crippen molar-refractivity contribution in [3.8, 4) is 0 Å². The molecule has 0 saturated carbocycles. The van der Waals surface area contributed by atoms with Gasteiger partial charge in [0.2, 0.25) is 0 Å². The van der Waals surface area contributed by atoms with Crippen LogP contribution < -0.4 is 4.90 Å². The standard InChI is InChI=1S/C26H31N/c1-7-26(4)15-13-21(14-16-26)25(22-10-8-9-19(2)17-22)24-12-11-23(27(5)6)18-20(24)3/h8-18H,7H2,1-6H3. The molecule has 0 saturated heterocycles. The maximum absolute atomic E-state index is 2.35. The van der Waals surface area contributed by atoms with Gasteiger partial charge in [-0.3, -0.25) is 0 Å². The maximum Gasteiger partial charge on any atom is 0.0364 e. The number of benzene rings is 2. The monoisotopic (exact) mass is 357 g/mol. The molecule has 1 heteroatoms. The Balaban J connectivity index is 2.20. The van der Waals surface area contributed by atoms with Gasteiger partial charge in [-0.15, -0.1) is 0 Å². The Labute approximate surface area is 164 Å². The molecule has 27 heavy (non-hydrogen) atoms. The summed E-state index contributed by atoms with van der Waals surface area (Å²) in [7, 11) is 4.18. The zero-order chi connectivity index (χ0) is 19.6. The summed E-state index contributed by atoms with van der Waals surface area (Å²) in [6.07, 6.45) is 10.4. The second-order valence-electron chi connectivity index (χ2n) is 8.12. The minimum absolute atomic E-state index is 0.158. The molecule has 0 aliphatic heterocycles. The summed E-state index contributed by atoms with van der Waals surface area (Å²) in [5.74, 6) is 0. The first-order valence-corrected chi connectivity index (χ1v) is 9.81. The number of rotatable bonds is 4. The topological polar surface area (TPSA) is 3.24 Å². The summed E-state index contributed by atoms with van der Waals surface area (Å²) < 4.78 is 0. The van der Waals surface area contributed by atoms with E-state index < -0.39 is 0 Å². The molecule has 1 aliphatic carbocycles. The molecule has 0 heterocycles. The lowest BCUT2D eigenvalue weighted by molar-refractivity contribution is 0.527. The van der Waals surface area contributed by atoms with Crippen LogP contribution in [-0.4, -0.2) is 14.1 Å². The van der Waals surface area contributed by atoms with Gasteiger partial charge in [0.25, 0.3) is 0 Å². The number of aryl methyl sites for hydroxylation is 2. The Morgan fingerprint density at radius 2 is 1.67 bits per heavy atom. The van der Waals surface area contributed by atoms with Crippen LogP contribution >= 0.6 is 0 Å². The average Bonchev–Trinajstić information content (AvgIpc) is 2.65. The molecule has 0 atom stereocenters. The van der Waals surface area contributed by atoms with Crippen LogP contribution in [0, 0.1) is 19.3 Å². The second kappa shape index (κ2) is 7.60. The maximum atomic E-state index is 2.35. The lowest BCUT2D eigenvalue weighted by atomic mass is 9.80. The predicted molar refractivity (Wildman–Crippen MR) is 119 cm³/mol. The van der Waals surface area contributed by atoms with E-state index in [2.05, 4.69) is 113 Å². The van der Waals surface area contributed by atoms with Crippen molar-refractivity contribution in [2.45, 2.75) is 34.1 Å². The van der Waals surface area contributed by atoms with E-state index in [9.17, 15) is 0 Å². The summed E-state index contributed by atoms with van der Waals surface area (Å²) in [4.78, 5) is 2.16. The zero-order valence-electron chi connectivity index (χ0n) is 17.5. The van der Waals surface area contributed by atoms with Gasteiger partial charge >= 0.3 is 0 Å². The van der Waals surface area contributed by atoms with Crippen LogP contribution in [0.25, 0.3) is 5.57 Å². The first kappa shape index (κ1) is 19.2. The first-order valence-electron chi connectivity index (χ1n) is 9.81. The zero-order valence-corrected chi connectivity index (χ0v) is 17.5. The highest BCUT2D eigenvalue weighted by Crippen LogP contribution is 2.37. The van der Waals surface area contributed by atoms with Crippen molar-refractivity contribution in [3.05, 3.63) is 94.6 Å². The van der Waals surface area contributed by atoms with Crippen molar-refractivity contribution in [3.63, 3.8) is 0 Å². The van der Waals surface area contributed by atoms with Gasteiger partial charge < -0.3 is 4.90 Å². The van der Waals surface area contributed by atoms with E-state index in [4.69, 9.17) is 0 Å². The number of allylic oxidation sites excluding steroid dienone is 5. The van der Waals surface area contributed by atoms with Gasteiger partial charge in [-0.2, -0.15) is 0 Å². The number of hydrogen-bond donors (Lipinski definition) is 0.